The average molecular weight is 422 g/mol. The molecule has 1 saturated heterocycles. The summed E-state index contributed by atoms with van der Waals surface area (Å²) in [6.45, 7) is 1.58. The zero-order valence-corrected chi connectivity index (χ0v) is 17.3. The largest absolute Gasteiger partial charge is 0.497 e. The molecule has 6 nitrogen and oxygen atoms in total. The Morgan fingerprint density at radius 3 is 2.37 bits per heavy atom. The molecule has 1 N–H and O–H groups in total. The summed E-state index contributed by atoms with van der Waals surface area (Å²) < 4.78 is 45.4. The summed E-state index contributed by atoms with van der Waals surface area (Å²) in [4.78, 5) is 2.40. The summed E-state index contributed by atoms with van der Waals surface area (Å²) >= 11 is 0. The van der Waals surface area contributed by atoms with Crippen molar-refractivity contribution in [1.82, 2.24) is 10.2 Å². The third kappa shape index (κ3) is 6.04. The van der Waals surface area contributed by atoms with Crippen LogP contribution in [0.5, 0.6) is 17.2 Å². The van der Waals surface area contributed by atoms with E-state index in [4.69, 9.17) is 14.2 Å². The Kier molecular flexibility index (Phi) is 8.24. The van der Waals surface area contributed by atoms with E-state index in [0.29, 0.717) is 6.54 Å². The molecule has 2 aromatic rings. The van der Waals surface area contributed by atoms with Crippen LogP contribution in [0.3, 0.4) is 0 Å². The Hall–Kier alpha value is -2.42. The van der Waals surface area contributed by atoms with E-state index in [1.54, 1.807) is 19.2 Å². The van der Waals surface area contributed by atoms with E-state index in [9.17, 15) is 8.78 Å². The summed E-state index contributed by atoms with van der Waals surface area (Å²) in [5.41, 5.74) is 2.12. The maximum absolute atomic E-state index is 12.5. The Morgan fingerprint density at radius 1 is 1.00 bits per heavy atom. The Labute approximate surface area is 175 Å². The van der Waals surface area contributed by atoms with Crippen molar-refractivity contribution in [2.45, 2.75) is 19.2 Å². The molecule has 8 heteroatoms. The average Bonchev–Trinajstić information content (AvgIpc) is 2.78. The first kappa shape index (κ1) is 22.3. The number of methoxy groups -OCH3 is 2. The van der Waals surface area contributed by atoms with Crippen LogP contribution in [0.15, 0.2) is 42.5 Å². The highest BCUT2D eigenvalue weighted by Crippen LogP contribution is 2.29. The quantitative estimate of drug-likeness (QED) is 0.633. The van der Waals surface area contributed by atoms with Crippen LogP contribution in [0.2, 0.25) is 0 Å². The molecule has 0 bridgehead atoms. The van der Waals surface area contributed by atoms with Gasteiger partial charge in [-0.3, -0.25) is 4.90 Å². The Morgan fingerprint density at radius 2 is 1.73 bits per heavy atom. The van der Waals surface area contributed by atoms with Gasteiger partial charge in [0.2, 0.25) is 0 Å². The molecule has 0 aromatic heterocycles. The van der Waals surface area contributed by atoms with E-state index < -0.39 is 6.61 Å². The number of ether oxygens (including phenoxy) is 4. The van der Waals surface area contributed by atoms with Crippen molar-refractivity contribution in [2.75, 3.05) is 47.1 Å². The lowest BCUT2D eigenvalue weighted by molar-refractivity contribution is -0.0512. The van der Waals surface area contributed by atoms with Crippen molar-refractivity contribution < 1.29 is 27.7 Å². The van der Waals surface area contributed by atoms with Crippen molar-refractivity contribution in [3.8, 4) is 17.2 Å². The molecule has 0 spiro atoms. The normalized spacial score (nSPS) is 15.8. The third-order valence-corrected chi connectivity index (χ3v) is 5.10. The molecule has 1 aliphatic heterocycles. The molecule has 164 valence electrons. The summed E-state index contributed by atoms with van der Waals surface area (Å²) in [6, 6.07) is 13.3. The van der Waals surface area contributed by atoms with E-state index in [-0.39, 0.29) is 17.5 Å². The first-order chi connectivity index (χ1) is 14.6. The number of morpholine rings is 1. The SMILES string of the molecule is COc1ccc(C(CNCc2ccc(OC(F)F)c(OC)c2)N2CCOCC2)cc1. The van der Waals surface area contributed by atoms with Gasteiger partial charge in [-0.25, -0.2) is 0 Å². The molecule has 30 heavy (non-hydrogen) atoms. The van der Waals surface area contributed by atoms with Gasteiger partial charge >= 0.3 is 6.61 Å². The van der Waals surface area contributed by atoms with Crippen LogP contribution in [0.1, 0.15) is 17.2 Å². The molecule has 2 aromatic carbocycles. The van der Waals surface area contributed by atoms with Crippen molar-refractivity contribution >= 4 is 0 Å². The fraction of sp³-hybridized carbons (Fsp3) is 0.455. The van der Waals surface area contributed by atoms with Gasteiger partial charge in [-0.2, -0.15) is 8.78 Å². The fourth-order valence-electron chi connectivity index (χ4n) is 3.54. The second kappa shape index (κ2) is 11.1. The molecule has 1 aliphatic rings. The maximum Gasteiger partial charge on any atom is 0.387 e. The van der Waals surface area contributed by atoms with Crippen molar-refractivity contribution in [2.24, 2.45) is 0 Å². The van der Waals surface area contributed by atoms with Gasteiger partial charge in [-0.1, -0.05) is 18.2 Å². The number of hydrogen-bond donors (Lipinski definition) is 1. The summed E-state index contributed by atoms with van der Waals surface area (Å²) in [6.07, 6.45) is 0. The molecule has 1 heterocycles. The van der Waals surface area contributed by atoms with Crippen LogP contribution < -0.4 is 19.5 Å². The van der Waals surface area contributed by atoms with E-state index in [1.165, 1.54) is 18.7 Å². The highest BCUT2D eigenvalue weighted by atomic mass is 19.3. The van der Waals surface area contributed by atoms with Crippen LogP contribution in [0, 0.1) is 0 Å². The molecule has 1 fully saturated rings. The van der Waals surface area contributed by atoms with Gasteiger partial charge in [0.15, 0.2) is 11.5 Å². The smallest absolute Gasteiger partial charge is 0.387 e. The van der Waals surface area contributed by atoms with Crippen molar-refractivity contribution in [3.05, 3.63) is 53.6 Å². The highest BCUT2D eigenvalue weighted by Gasteiger charge is 2.22. The van der Waals surface area contributed by atoms with E-state index >= 15 is 0 Å². The zero-order valence-electron chi connectivity index (χ0n) is 17.3. The maximum atomic E-state index is 12.5. The lowest BCUT2D eigenvalue weighted by Gasteiger charge is -2.35. The molecule has 1 unspecified atom stereocenters. The number of nitrogens with one attached hydrogen (secondary N) is 1. The number of nitrogens with zero attached hydrogens (tertiary/aromatic N) is 1. The van der Waals surface area contributed by atoms with Gasteiger partial charge in [0.1, 0.15) is 5.75 Å². The van der Waals surface area contributed by atoms with Gasteiger partial charge in [-0.15, -0.1) is 0 Å². The molecule has 0 aliphatic carbocycles. The van der Waals surface area contributed by atoms with E-state index in [0.717, 1.165) is 44.2 Å². The molecular weight excluding hydrogens is 394 g/mol. The molecule has 3 rings (SSSR count). The first-order valence-corrected chi connectivity index (χ1v) is 9.89. The van der Waals surface area contributed by atoms with E-state index in [2.05, 4.69) is 27.1 Å². The predicted molar refractivity (Wildman–Crippen MR) is 109 cm³/mol. The van der Waals surface area contributed by atoms with Gasteiger partial charge < -0.3 is 24.3 Å². The van der Waals surface area contributed by atoms with Gasteiger partial charge in [-0.05, 0) is 35.4 Å². The number of alkyl halides is 2. The first-order valence-electron chi connectivity index (χ1n) is 9.89. The minimum atomic E-state index is -2.89. The second-order valence-electron chi connectivity index (χ2n) is 6.93. The van der Waals surface area contributed by atoms with Crippen LogP contribution >= 0.6 is 0 Å². The molecular formula is C22H28F2N2O4. The molecule has 1 atom stereocenters. The molecule has 0 saturated carbocycles. The van der Waals surface area contributed by atoms with Gasteiger partial charge in [0.05, 0.1) is 27.4 Å². The minimum absolute atomic E-state index is 0.0284. The Bertz CT molecular complexity index is 783. The highest BCUT2D eigenvalue weighted by molar-refractivity contribution is 5.43. The van der Waals surface area contributed by atoms with Crippen molar-refractivity contribution in [1.29, 1.82) is 0 Å². The van der Waals surface area contributed by atoms with Gasteiger partial charge in [0.25, 0.3) is 0 Å². The number of benzene rings is 2. The topological polar surface area (TPSA) is 52.2 Å². The standard InChI is InChI=1S/C22H28F2N2O4/c1-27-18-6-4-17(5-7-18)19(26-9-11-29-12-10-26)15-25-14-16-3-8-20(30-22(23)24)21(13-16)28-2/h3-8,13,19,22,25H,9-12,14-15H2,1-2H3. The fourth-order valence-corrected chi connectivity index (χ4v) is 3.54. The summed E-state index contributed by atoms with van der Waals surface area (Å²) in [5, 5.41) is 3.48. The van der Waals surface area contributed by atoms with Crippen LogP contribution in [0.25, 0.3) is 0 Å². The van der Waals surface area contributed by atoms with Crippen LogP contribution in [-0.2, 0) is 11.3 Å². The monoisotopic (exact) mass is 422 g/mol. The van der Waals surface area contributed by atoms with Crippen LogP contribution in [0.4, 0.5) is 8.78 Å². The Balaban J connectivity index is 1.66. The summed E-state index contributed by atoms with van der Waals surface area (Å²) in [7, 11) is 3.09. The number of hydrogen-bond acceptors (Lipinski definition) is 6. The second-order valence-corrected chi connectivity index (χ2v) is 6.93. The van der Waals surface area contributed by atoms with Crippen molar-refractivity contribution in [3.63, 3.8) is 0 Å². The van der Waals surface area contributed by atoms with Crippen LogP contribution in [-0.4, -0.2) is 58.6 Å². The third-order valence-electron chi connectivity index (χ3n) is 5.10. The van der Waals surface area contributed by atoms with E-state index in [1.807, 2.05) is 12.1 Å². The lowest BCUT2D eigenvalue weighted by atomic mass is 10.0. The number of halogens is 2. The number of rotatable bonds is 10. The molecule has 0 amide bonds. The van der Waals surface area contributed by atoms with Gasteiger partial charge in [0, 0.05) is 32.2 Å². The lowest BCUT2D eigenvalue weighted by Crippen LogP contribution is -2.42. The molecule has 0 radical (unpaired) electrons. The predicted octanol–water partition coefficient (Wildman–Crippen LogP) is 3.47. The minimum Gasteiger partial charge on any atom is -0.497 e. The zero-order chi connectivity index (χ0) is 21.3. The summed E-state index contributed by atoms with van der Waals surface area (Å²) in [5.74, 6) is 1.14.